The van der Waals surface area contributed by atoms with Gasteiger partial charge in [0.25, 0.3) is 5.91 Å². The van der Waals surface area contributed by atoms with Crippen LogP contribution in [0, 0.1) is 0 Å². The summed E-state index contributed by atoms with van der Waals surface area (Å²) in [4.78, 5) is 21.1. The lowest BCUT2D eigenvalue weighted by atomic mass is 10.2. The summed E-state index contributed by atoms with van der Waals surface area (Å²) < 4.78 is 0. The van der Waals surface area contributed by atoms with Crippen LogP contribution in [0.4, 0.5) is 11.4 Å². The number of pyridine rings is 1. The number of benzene rings is 1. The van der Waals surface area contributed by atoms with E-state index in [1.807, 2.05) is 29.2 Å². The van der Waals surface area contributed by atoms with Gasteiger partial charge < -0.3 is 15.1 Å². The van der Waals surface area contributed by atoms with Crippen LogP contribution in [0.1, 0.15) is 10.5 Å². The highest BCUT2D eigenvalue weighted by molar-refractivity contribution is 5.93. The van der Waals surface area contributed by atoms with Crippen LogP contribution in [0.5, 0.6) is 0 Å². The van der Waals surface area contributed by atoms with Gasteiger partial charge in [-0.1, -0.05) is 24.3 Å². The lowest BCUT2D eigenvalue weighted by molar-refractivity contribution is 0.0741. The molecule has 0 spiro atoms. The Bertz CT molecular complexity index is 694. The van der Waals surface area contributed by atoms with E-state index < -0.39 is 0 Å². The Morgan fingerprint density at radius 2 is 1.92 bits per heavy atom. The molecule has 2 aromatic rings. The fraction of sp³-hybridized carbons (Fsp3) is 0.263. The Labute approximate surface area is 142 Å². The van der Waals surface area contributed by atoms with Crippen molar-refractivity contribution in [1.29, 1.82) is 0 Å². The summed E-state index contributed by atoms with van der Waals surface area (Å²) in [5, 5.41) is 3.18. The van der Waals surface area contributed by atoms with E-state index in [1.54, 1.807) is 18.3 Å². The first-order chi connectivity index (χ1) is 11.8. The van der Waals surface area contributed by atoms with Gasteiger partial charge in [-0.05, 0) is 24.3 Å². The molecule has 1 aromatic heterocycles. The Morgan fingerprint density at radius 3 is 2.62 bits per heavy atom. The molecule has 1 fully saturated rings. The minimum absolute atomic E-state index is 0.00929. The summed E-state index contributed by atoms with van der Waals surface area (Å²) in [6.45, 7) is 7.43. The summed E-state index contributed by atoms with van der Waals surface area (Å²) >= 11 is 0. The lowest BCUT2D eigenvalue weighted by Gasteiger charge is -2.36. The van der Waals surface area contributed by atoms with Gasteiger partial charge in [0.15, 0.2) is 0 Å². The molecule has 1 aromatic carbocycles. The predicted molar refractivity (Wildman–Crippen MR) is 97.5 cm³/mol. The molecule has 3 rings (SSSR count). The number of rotatable bonds is 5. The van der Waals surface area contributed by atoms with Gasteiger partial charge in [0.1, 0.15) is 5.69 Å². The van der Waals surface area contributed by atoms with E-state index in [-0.39, 0.29) is 5.91 Å². The van der Waals surface area contributed by atoms with Crippen molar-refractivity contribution in [2.75, 3.05) is 42.9 Å². The average Bonchev–Trinajstić information content (AvgIpc) is 2.67. The molecule has 0 bridgehead atoms. The molecule has 1 aliphatic heterocycles. The Balaban J connectivity index is 1.62. The average molecular weight is 322 g/mol. The first-order valence-electron chi connectivity index (χ1n) is 8.18. The van der Waals surface area contributed by atoms with Crippen molar-refractivity contribution in [3.05, 3.63) is 67.0 Å². The number of carbonyl (C=O) groups is 1. The molecule has 5 heteroatoms. The Kier molecular flexibility index (Phi) is 5.11. The summed E-state index contributed by atoms with van der Waals surface area (Å²) in [6.07, 6.45) is 3.45. The number of hydrogen-bond acceptors (Lipinski definition) is 4. The van der Waals surface area contributed by atoms with Crippen LogP contribution in [0.2, 0.25) is 0 Å². The molecule has 0 atom stereocenters. The van der Waals surface area contributed by atoms with Crippen molar-refractivity contribution >= 4 is 17.3 Å². The number of amides is 1. The molecular weight excluding hydrogens is 300 g/mol. The van der Waals surface area contributed by atoms with Gasteiger partial charge in [0.05, 0.1) is 0 Å². The van der Waals surface area contributed by atoms with E-state index in [2.05, 4.69) is 33.9 Å². The third kappa shape index (κ3) is 3.74. The van der Waals surface area contributed by atoms with Crippen LogP contribution < -0.4 is 10.2 Å². The van der Waals surface area contributed by atoms with Gasteiger partial charge in [-0.25, -0.2) is 0 Å². The molecule has 0 radical (unpaired) electrons. The zero-order valence-corrected chi connectivity index (χ0v) is 13.7. The van der Waals surface area contributed by atoms with E-state index >= 15 is 0 Å². The number of carbonyl (C=O) groups excluding carboxylic acids is 1. The number of nitrogens with zero attached hydrogens (tertiary/aromatic N) is 3. The number of aromatic nitrogens is 1. The number of para-hydroxylation sites is 1. The summed E-state index contributed by atoms with van der Waals surface area (Å²) in [7, 11) is 0. The Morgan fingerprint density at radius 1 is 1.17 bits per heavy atom. The first kappa shape index (κ1) is 16.1. The normalized spacial score (nSPS) is 14.3. The number of hydrogen-bond donors (Lipinski definition) is 1. The maximum Gasteiger partial charge on any atom is 0.272 e. The van der Waals surface area contributed by atoms with Crippen LogP contribution in [0.3, 0.4) is 0 Å². The largest absolute Gasteiger partial charge is 0.381 e. The summed E-state index contributed by atoms with van der Waals surface area (Å²) in [6, 6.07) is 14.0. The summed E-state index contributed by atoms with van der Waals surface area (Å²) in [5.41, 5.74) is 2.58. The number of anilines is 2. The molecule has 0 aliphatic carbocycles. The molecule has 24 heavy (non-hydrogen) atoms. The quantitative estimate of drug-likeness (QED) is 0.860. The molecule has 124 valence electrons. The minimum Gasteiger partial charge on any atom is -0.381 e. The predicted octanol–water partition coefficient (Wildman–Crippen LogP) is 2.64. The van der Waals surface area contributed by atoms with Gasteiger partial charge in [-0.3, -0.25) is 9.78 Å². The van der Waals surface area contributed by atoms with Crippen molar-refractivity contribution in [2.45, 2.75) is 0 Å². The van der Waals surface area contributed by atoms with Crippen LogP contribution in [-0.4, -0.2) is 48.5 Å². The molecule has 0 unspecified atom stereocenters. The third-order valence-corrected chi connectivity index (χ3v) is 4.12. The zero-order valence-electron chi connectivity index (χ0n) is 13.7. The van der Waals surface area contributed by atoms with Crippen LogP contribution in [0.15, 0.2) is 61.3 Å². The van der Waals surface area contributed by atoms with Gasteiger partial charge in [-0.2, -0.15) is 0 Å². The smallest absolute Gasteiger partial charge is 0.272 e. The van der Waals surface area contributed by atoms with Crippen molar-refractivity contribution < 1.29 is 4.79 Å². The number of nitrogens with one attached hydrogen (secondary N) is 1. The second-order valence-corrected chi connectivity index (χ2v) is 5.71. The maximum atomic E-state index is 12.7. The fourth-order valence-electron chi connectivity index (χ4n) is 2.82. The molecular formula is C19H22N4O. The highest BCUT2D eigenvalue weighted by atomic mass is 16.2. The van der Waals surface area contributed by atoms with E-state index in [0.717, 1.165) is 18.8 Å². The van der Waals surface area contributed by atoms with Crippen molar-refractivity contribution in [3.8, 4) is 0 Å². The molecule has 0 saturated carbocycles. The topological polar surface area (TPSA) is 48.5 Å². The SMILES string of the molecule is C=CCNc1ccnc(C(=O)N2CCN(c3ccccc3)CC2)c1. The van der Waals surface area contributed by atoms with Gasteiger partial charge in [-0.15, -0.1) is 6.58 Å². The van der Waals surface area contributed by atoms with Crippen molar-refractivity contribution in [2.24, 2.45) is 0 Å². The minimum atomic E-state index is -0.00929. The van der Waals surface area contributed by atoms with Crippen molar-refractivity contribution in [3.63, 3.8) is 0 Å². The summed E-state index contributed by atoms with van der Waals surface area (Å²) in [5.74, 6) is -0.00929. The molecule has 5 nitrogen and oxygen atoms in total. The van der Waals surface area contributed by atoms with E-state index in [0.29, 0.717) is 25.3 Å². The zero-order chi connectivity index (χ0) is 16.8. The number of piperazine rings is 1. The van der Waals surface area contributed by atoms with Crippen LogP contribution >= 0.6 is 0 Å². The van der Waals surface area contributed by atoms with Gasteiger partial charge in [0.2, 0.25) is 0 Å². The first-order valence-corrected chi connectivity index (χ1v) is 8.18. The second kappa shape index (κ2) is 7.64. The highest BCUT2D eigenvalue weighted by Crippen LogP contribution is 2.17. The standard InChI is InChI=1S/C19H22N4O/c1-2-9-20-16-8-10-21-18(15-16)19(24)23-13-11-22(12-14-23)17-6-4-3-5-7-17/h2-8,10,15H,1,9,11-14H2,(H,20,21). The van der Waals surface area contributed by atoms with Crippen LogP contribution in [0.25, 0.3) is 0 Å². The van der Waals surface area contributed by atoms with E-state index in [9.17, 15) is 4.79 Å². The second-order valence-electron chi connectivity index (χ2n) is 5.71. The maximum absolute atomic E-state index is 12.7. The molecule has 2 heterocycles. The van der Waals surface area contributed by atoms with E-state index in [1.165, 1.54) is 5.69 Å². The molecule has 1 amide bonds. The molecule has 1 N–H and O–H groups in total. The lowest BCUT2D eigenvalue weighted by Crippen LogP contribution is -2.49. The monoisotopic (exact) mass is 322 g/mol. The highest BCUT2D eigenvalue weighted by Gasteiger charge is 2.23. The van der Waals surface area contributed by atoms with Gasteiger partial charge in [0, 0.05) is 50.3 Å². The fourth-order valence-corrected chi connectivity index (χ4v) is 2.82. The van der Waals surface area contributed by atoms with Crippen molar-refractivity contribution in [1.82, 2.24) is 9.88 Å². The van der Waals surface area contributed by atoms with Crippen LogP contribution in [-0.2, 0) is 0 Å². The van der Waals surface area contributed by atoms with E-state index in [4.69, 9.17) is 0 Å². The molecule has 1 aliphatic rings. The Hall–Kier alpha value is -2.82. The third-order valence-electron chi connectivity index (χ3n) is 4.12. The van der Waals surface area contributed by atoms with Gasteiger partial charge >= 0.3 is 0 Å². The molecule has 1 saturated heterocycles.